The van der Waals surface area contributed by atoms with Crippen LogP contribution in [0.1, 0.15) is 27.8 Å². The highest BCUT2D eigenvalue weighted by Crippen LogP contribution is 2.15. The Morgan fingerprint density at radius 1 is 0.533 bits per heavy atom. The number of aromatic nitrogens is 1. The molecule has 1 nitrogen and oxygen atoms in total. The highest BCUT2D eigenvalue weighted by Gasteiger charge is 1.97. The summed E-state index contributed by atoms with van der Waals surface area (Å²) in [7, 11) is 2.03. The van der Waals surface area contributed by atoms with Gasteiger partial charge in [0.1, 0.15) is 7.05 Å². The first-order valence-corrected chi connectivity index (χ1v) is 10.3. The second kappa shape index (κ2) is 9.67. The van der Waals surface area contributed by atoms with Gasteiger partial charge in [-0.05, 0) is 27.8 Å². The highest BCUT2D eigenvalue weighted by atomic mass is 14.9. The molecule has 4 rings (SSSR count). The summed E-state index contributed by atoms with van der Waals surface area (Å²) in [5.74, 6) is 0.429. The summed E-state index contributed by atoms with van der Waals surface area (Å²) >= 11 is 0. The average Bonchev–Trinajstić information content (AvgIpc) is 3.31. The molecule has 0 N–H and O–H groups in total. The lowest BCUT2D eigenvalue weighted by Crippen LogP contribution is -2.25. The van der Waals surface area contributed by atoms with Gasteiger partial charge in [-0.3, -0.25) is 0 Å². The standard InChI is InChI=1S/C29H26N/c1-30-22-20-29(21-23-30)19-18-28-16-14-27(15-17-28)13-12-26-10-8-25(9-11-26)7-6-24-4-2-3-5-24/h2-24H,1H3/q+1/b7-6+,13-12+,19-18+. The largest absolute Gasteiger partial charge is 0.208 e. The number of rotatable bonds is 6. The molecular formula is C29H26N+. The molecule has 0 saturated heterocycles. The van der Waals surface area contributed by atoms with Crippen LogP contribution < -0.4 is 4.57 Å². The van der Waals surface area contributed by atoms with Crippen LogP contribution in [0.3, 0.4) is 0 Å². The third-order valence-corrected chi connectivity index (χ3v) is 5.10. The molecule has 0 saturated carbocycles. The molecule has 0 unspecified atom stereocenters. The van der Waals surface area contributed by atoms with E-state index in [-0.39, 0.29) is 0 Å². The lowest BCUT2D eigenvalue weighted by molar-refractivity contribution is -0.671. The van der Waals surface area contributed by atoms with Gasteiger partial charge in [-0.1, -0.05) is 109 Å². The molecule has 1 aliphatic rings. The molecule has 1 aliphatic carbocycles. The summed E-state index contributed by atoms with van der Waals surface area (Å²) < 4.78 is 2.04. The number of hydrogen-bond acceptors (Lipinski definition) is 0. The van der Waals surface area contributed by atoms with Gasteiger partial charge in [0.15, 0.2) is 12.4 Å². The van der Waals surface area contributed by atoms with Gasteiger partial charge >= 0.3 is 0 Å². The first kappa shape index (κ1) is 19.6. The van der Waals surface area contributed by atoms with E-state index in [2.05, 4.69) is 134 Å². The van der Waals surface area contributed by atoms with Gasteiger partial charge in [0, 0.05) is 18.1 Å². The van der Waals surface area contributed by atoms with Gasteiger partial charge in [-0.15, -0.1) is 0 Å². The Morgan fingerprint density at radius 3 is 1.33 bits per heavy atom. The Kier molecular flexibility index (Phi) is 6.31. The van der Waals surface area contributed by atoms with E-state index in [0.29, 0.717) is 5.92 Å². The average molecular weight is 389 g/mol. The maximum Gasteiger partial charge on any atom is 0.169 e. The van der Waals surface area contributed by atoms with Crippen LogP contribution in [-0.4, -0.2) is 0 Å². The number of aryl methyl sites for hydroxylation is 1. The smallest absolute Gasteiger partial charge is 0.169 e. The molecule has 0 radical (unpaired) electrons. The number of pyridine rings is 1. The molecule has 0 amide bonds. The van der Waals surface area contributed by atoms with Crippen molar-refractivity contribution < 1.29 is 4.57 Å². The molecule has 0 fully saturated rings. The summed E-state index contributed by atoms with van der Waals surface area (Å²) in [4.78, 5) is 0. The normalized spacial score (nSPS) is 14.0. The van der Waals surface area contributed by atoms with E-state index >= 15 is 0 Å². The summed E-state index contributed by atoms with van der Waals surface area (Å²) in [6.45, 7) is 0. The number of nitrogens with zero attached hydrogens (tertiary/aromatic N) is 1. The molecule has 2 aromatic carbocycles. The molecule has 0 bridgehead atoms. The van der Waals surface area contributed by atoms with Crippen LogP contribution in [0, 0.1) is 5.92 Å². The SMILES string of the molecule is C[n+]1ccc(/C=C/c2ccc(/C=C/c3ccc(/C=C/C4C=CC=C4)cc3)cc2)cc1. The Balaban J connectivity index is 1.35. The Labute approximate surface area is 179 Å². The lowest BCUT2D eigenvalue weighted by atomic mass is 10.1. The van der Waals surface area contributed by atoms with Crippen molar-refractivity contribution in [2.75, 3.05) is 0 Å². The minimum absolute atomic E-state index is 0.429. The molecule has 3 aromatic rings. The fourth-order valence-electron chi connectivity index (χ4n) is 3.24. The van der Waals surface area contributed by atoms with E-state index in [1.807, 2.05) is 11.6 Å². The van der Waals surface area contributed by atoms with Gasteiger partial charge in [-0.25, -0.2) is 4.57 Å². The summed E-state index contributed by atoms with van der Waals surface area (Å²) in [6, 6.07) is 21.5. The zero-order chi connectivity index (χ0) is 20.6. The van der Waals surface area contributed by atoms with Crippen LogP contribution in [0.5, 0.6) is 0 Å². The molecule has 30 heavy (non-hydrogen) atoms. The Morgan fingerprint density at radius 2 is 0.900 bits per heavy atom. The van der Waals surface area contributed by atoms with Crippen molar-refractivity contribution in [1.82, 2.24) is 0 Å². The molecule has 0 aliphatic heterocycles. The van der Waals surface area contributed by atoms with Gasteiger partial charge in [0.25, 0.3) is 0 Å². The van der Waals surface area contributed by atoms with E-state index in [4.69, 9.17) is 0 Å². The first-order chi connectivity index (χ1) is 14.7. The Hall–Kier alpha value is -3.71. The van der Waals surface area contributed by atoms with Crippen LogP contribution in [-0.2, 0) is 7.05 Å². The molecule has 0 atom stereocenters. The van der Waals surface area contributed by atoms with Crippen molar-refractivity contribution in [3.05, 3.63) is 131 Å². The van der Waals surface area contributed by atoms with Crippen LogP contribution >= 0.6 is 0 Å². The number of allylic oxidation sites excluding steroid dienone is 5. The first-order valence-electron chi connectivity index (χ1n) is 10.3. The van der Waals surface area contributed by atoms with Gasteiger partial charge in [-0.2, -0.15) is 0 Å². The maximum atomic E-state index is 2.22. The fourth-order valence-corrected chi connectivity index (χ4v) is 3.24. The summed E-state index contributed by atoms with van der Waals surface area (Å²) in [6.07, 6.45) is 25.7. The third-order valence-electron chi connectivity index (χ3n) is 5.10. The molecule has 1 heterocycles. The van der Waals surface area contributed by atoms with E-state index in [0.717, 1.165) is 0 Å². The van der Waals surface area contributed by atoms with Crippen LogP contribution in [0.15, 0.2) is 103 Å². The second-order valence-corrected chi connectivity index (χ2v) is 7.50. The minimum atomic E-state index is 0.429. The van der Waals surface area contributed by atoms with Crippen LogP contribution in [0.4, 0.5) is 0 Å². The molecule has 0 spiro atoms. The van der Waals surface area contributed by atoms with Crippen molar-refractivity contribution >= 4 is 30.4 Å². The lowest BCUT2D eigenvalue weighted by Gasteiger charge is -1.99. The van der Waals surface area contributed by atoms with Crippen molar-refractivity contribution in [2.45, 2.75) is 0 Å². The van der Waals surface area contributed by atoms with E-state index in [9.17, 15) is 0 Å². The van der Waals surface area contributed by atoms with Crippen LogP contribution in [0.2, 0.25) is 0 Å². The predicted octanol–water partition coefficient (Wildman–Crippen LogP) is 6.61. The van der Waals surface area contributed by atoms with E-state index in [1.54, 1.807) is 0 Å². The Bertz CT molecular complexity index is 1090. The van der Waals surface area contributed by atoms with Crippen molar-refractivity contribution in [1.29, 1.82) is 0 Å². The van der Waals surface area contributed by atoms with Gasteiger partial charge in [0.05, 0.1) is 0 Å². The van der Waals surface area contributed by atoms with Crippen molar-refractivity contribution in [3.8, 4) is 0 Å². The molecule has 146 valence electrons. The molecule has 1 aromatic heterocycles. The minimum Gasteiger partial charge on any atom is -0.208 e. The maximum absolute atomic E-state index is 2.22. The van der Waals surface area contributed by atoms with Gasteiger partial charge < -0.3 is 0 Å². The van der Waals surface area contributed by atoms with Crippen LogP contribution in [0.25, 0.3) is 30.4 Å². The summed E-state index contributed by atoms with van der Waals surface area (Å²) in [5, 5.41) is 0. The topological polar surface area (TPSA) is 3.88 Å². The zero-order valence-corrected chi connectivity index (χ0v) is 17.2. The fraction of sp³-hybridized carbons (Fsp3) is 0.0690. The monoisotopic (exact) mass is 388 g/mol. The number of benzene rings is 2. The van der Waals surface area contributed by atoms with E-state index in [1.165, 1.54) is 27.8 Å². The third kappa shape index (κ3) is 5.65. The quantitative estimate of drug-likeness (QED) is 0.330. The van der Waals surface area contributed by atoms with Crippen molar-refractivity contribution in [3.63, 3.8) is 0 Å². The molecule has 1 heteroatoms. The predicted molar refractivity (Wildman–Crippen MR) is 129 cm³/mol. The highest BCUT2D eigenvalue weighted by molar-refractivity contribution is 5.73. The zero-order valence-electron chi connectivity index (χ0n) is 17.2. The van der Waals surface area contributed by atoms with Crippen molar-refractivity contribution in [2.24, 2.45) is 13.0 Å². The van der Waals surface area contributed by atoms with E-state index < -0.39 is 0 Å². The second-order valence-electron chi connectivity index (χ2n) is 7.50. The summed E-state index contributed by atoms with van der Waals surface area (Å²) in [5.41, 5.74) is 6.02. The molecular weight excluding hydrogens is 362 g/mol. The van der Waals surface area contributed by atoms with Gasteiger partial charge in [0.2, 0.25) is 0 Å². The number of hydrogen-bond donors (Lipinski definition) is 0.